The number of unbranched alkanes of at least 4 members (excludes halogenated alkanes) is 1. The summed E-state index contributed by atoms with van der Waals surface area (Å²) in [5.74, 6) is 0.946. The number of hydrogen-bond donors (Lipinski definition) is 1. The number of nitrogens with zero attached hydrogens (tertiary/aromatic N) is 4. The second-order valence-electron chi connectivity index (χ2n) is 12.7. The van der Waals surface area contributed by atoms with E-state index in [-0.39, 0.29) is 5.78 Å². The highest BCUT2D eigenvalue weighted by molar-refractivity contribution is 5.96. The Hall–Kier alpha value is -3.92. The van der Waals surface area contributed by atoms with Crippen molar-refractivity contribution in [3.63, 3.8) is 0 Å². The first kappa shape index (κ1) is 30.1. The van der Waals surface area contributed by atoms with Crippen LogP contribution in [-0.4, -0.2) is 66.4 Å². The number of anilines is 1. The molecule has 6 heteroatoms. The van der Waals surface area contributed by atoms with Crippen LogP contribution in [0.3, 0.4) is 0 Å². The maximum atomic E-state index is 13.0. The van der Waals surface area contributed by atoms with Gasteiger partial charge >= 0.3 is 0 Å². The van der Waals surface area contributed by atoms with E-state index in [0.29, 0.717) is 17.9 Å². The van der Waals surface area contributed by atoms with E-state index in [0.717, 1.165) is 82.7 Å². The Balaban J connectivity index is 0.870. The number of carbonyl (C=O) groups is 1. The molecule has 1 aromatic heterocycles. The van der Waals surface area contributed by atoms with Gasteiger partial charge in [-0.05, 0) is 112 Å². The largest absolute Gasteiger partial charge is 0.369 e. The molecule has 0 spiro atoms. The van der Waals surface area contributed by atoms with Gasteiger partial charge in [-0.2, -0.15) is 5.26 Å². The Kier molecular flexibility index (Phi) is 10.1. The normalized spacial score (nSPS) is 16.8. The molecular weight excluding hydrogens is 542 g/mol. The molecule has 3 heterocycles. The summed E-state index contributed by atoms with van der Waals surface area (Å²) in [5.41, 5.74) is 6.57. The van der Waals surface area contributed by atoms with Crippen molar-refractivity contribution in [2.45, 2.75) is 51.5 Å². The highest BCUT2D eigenvalue weighted by Gasteiger charge is 2.21. The van der Waals surface area contributed by atoms with Gasteiger partial charge in [-0.3, -0.25) is 14.6 Å². The van der Waals surface area contributed by atoms with E-state index in [1.54, 1.807) is 0 Å². The van der Waals surface area contributed by atoms with Crippen molar-refractivity contribution in [3.05, 3.63) is 101 Å². The molecular formula is C38H45N5O. The summed E-state index contributed by atoms with van der Waals surface area (Å²) in [6.45, 7) is 8.64. The van der Waals surface area contributed by atoms with Crippen LogP contribution in [0.15, 0.2) is 79.0 Å². The van der Waals surface area contributed by atoms with Gasteiger partial charge in [0.2, 0.25) is 0 Å². The first-order valence-electron chi connectivity index (χ1n) is 16.5. The second kappa shape index (κ2) is 14.7. The molecule has 0 atom stereocenters. The molecule has 228 valence electrons. The molecule has 0 aliphatic carbocycles. The number of piperidine rings is 1. The zero-order chi connectivity index (χ0) is 30.1. The van der Waals surface area contributed by atoms with Crippen LogP contribution in [0.5, 0.6) is 0 Å². The smallest absolute Gasteiger partial charge is 0.162 e. The van der Waals surface area contributed by atoms with Gasteiger partial charge in [-0.1, -0.05) is 36.4 Å². The van der Waals surface area contributed by atoms with Crippen molar-refractivity contribution < 1.29 is 4.79 Å². The number of aromatic amines is 1. The van der Waals surface area contributed by atoms with Crippen LogP contribution >= 0.6 is 0 Å². The van der Waals surface area contributed by atoms with Gasteiger partial charge in [-0.25, -0.2) is 0 Å². The second-order valence-corrected chi connectivity index (χ2v) is 12.7. The lowest BCUT2D eigenvalue weighted by Crippen LogP contribution is -2.46. The highest BCUT2D eigenvalue weighted by atomic mass is 16.1. The number of aryl methyl sites for hydroxylation is 1. The van der Waals surface area contributed by atoms with Crippen LogP contribution in [0.1, 0.15) is 65.6 Å². The minimum atomic E-state index is 0.285. The van der Waals surface area contributed by atoms with E-state index in [4.69, 9.17) is 5.26 Å². The number of benzene rings is 3. The van der Waals surface area contributed by atoms with E-state index < -0.39 is 0 Å². The van der Waals surface area contributed by atoms with Crippen molar-refractivity contribution in [2.24, 2.45) is 5.92 Å². The van der Waals surface area contributed by atoms with Crippen LogP contribution in [-0.2, 0) is 13.0 Å². The summed E-state index contributed by atoms with van der Waals surface area (Å²) in [4.78, 5) is 23.9. The van der Waals surface area contributed by atoms with Crippen molar-refractivity contribution in [3.8, 4) is 6.07 Å². The number of H-pyrrole nitrogens is 1. The fourth-order valence-corrected chi connectivity index (χ4v) is 6.96. The van der Waals surface area contributed by atoms with Crippen molar-refractivity contribution in [1.29, 1.82) is 5.26 Å². The maximum Gasteiger partial charge on any atom is 0.162 e. The predicted molar refractivity (Wildman–Crippen MR) is 179 cm³/mol. The third-order valence-corrected chi connectivity index (χ3v) is 9.73. The minimum absolute atomic E-state index is 0.285. The number of Topliss-reactive ketones (excluding diaryl/α,β-unsaturated/α-hetero) is 1. The molecule has 0 saturated carbocycles. The summed E-state index contributed by atoms with van der Waals surface area (Å²) in [7, 11) is 0. The molecule has 44 heavy (non-hydrogen) atoms. The Morgan fingerprint density at radius 2 is 1.64 bits per heavy atom. The fraction of sp³-hybridized carbons (Fsp3) is 0.421. The molecule has 3 aromatic carbocycles. The zero-order valence-corrected chi connectivity index (χ0v) is 25.9. The molecule has 6 nitrogen and oxygen atoms in total. The van der Waals surface area contributed by atoms with Crippen molar-refractivity contribution >= 4 is 22.4 Å². The number of hydrogen-bond acceptors (Lipinski definition) is 5. The lowest BCUT2D eigenvalue weighted by Gasteiger charge is -2.36. The zero-order valence-electron chi connectivity index (χ0n) is 25.9. The van der Waals surface area contributed by atoms with Gasteiger partial charge < -0.3 is 9.88 Å². The number of carbonyl (C=O) groups excluding carboxylic acids is 1. The van der Waals surface area contributed by atoms with Crippen LogP contribution in [0.4, 0.5) is 5.69 Å². The van der Waals surface area contributed by atoms with Gasteiger partial charge in [0.15, 0.2) is 5.78 Å². The standard InChI is InChI=1S/C38H45N5O/c39-27-32-9-15-36-34(28-40-37(36)26-32)8-4-5-19-41-22-24-43(25-23-41)35-13-11-33(12-14-35)38(44)16-10-30-17-20-42(21-18-30)29-31-6-2-1-3-7-31/h1-3,6-7,9,11-15,26,28,30,40H,4-5,8,10,16-25,29H2. The van der Waals surface area contributed by atoms with Gasteiger partial charge in [0.1, 0.15) is 0 Å². The Morgan fingerprint density at radius 3 is 2.39 bits per heavy atom. The number of fused-ring (bicyclic) bond motifs is 1. The average molecular weight is 588 g/mol. The summed E-state index contributed by atoms with van der Waals surface area (Å²) < 4.78 is 0. The minimum Gasteiger partial charge on any atom is -0.369 e. The van der Waals surface area contributed by atoms with Crippen molar-refractivity contribution in [2.75, 3.05) is 50.7 Å². The summed E-state index contributed by atoms with van der Waals surface area (Å²) in [5, 5.41) is 10.4. The molecule has 1 N–H and O–H groups in total. The van der Waals surface area contributed by atoms with Gasteiger partial charge in [0.05, 0.1) is 11.6 Å². The van der Waals surface area contributed by atoms with Gasteiger partial charge in [0, 0.05) is 67.5 Å². The molecule has 2 saturated heterocycles. The Bertz CT molecular complexity index is 1540. The van der Waals surface area contributed by atoms with E-state index >= 15 is 0 Å². The number of rotatable bonds is 12. The SMILES string of the molecule is N#Cc1ccc2c(CCCCN3CCN(c4ccc(C(=O)CCC5CCN(Cc6ccccc6)CC5)cc4)CC3)c[nH]c2c1. The molecule has 0 unspecified atom stereocenters. The molecule has 2 fully saturated rings. The number of ketones is 1. The monoisotopic (exact) mass is 587 g/mol. The fourth-order valence-electron chi connectivity index (χ4n) is 6.96. The van der Waals surface area contributed by atoms with E-state index in [1.807, 2.05) is 24.3 Å². The third-order valence-electron chi connectivity index (χ3n) is 9.73. The number of piperazine rings is 1. The average Bonchev–Trinajstić information content (AvgIpc) is 3.49. The summed E-state index contributed by atoms with van der Waals surface area (Å²) in [6.07, 6.45) is 9.56. The molecule has 2 aliphatic heterocycles. The van der Waals surface area contributed by atoms with Crippen LogP contribution < -0.4 is 4.90 Å². The maximum absolute atomic E-state index is 13.0. The Labute approximate surface area is 262 Å². The van der Waals surface area contributed by atoms with E-state index in [2.05, 4.69) is 80.5 Å². The van der Waals surface area contributed by atoms with Crippen LogP contribution in [0, 0.1) is 17.2 Å². The molecule has 0 radical (unpaired) electrons. The number of nitrogens with one attached hydrogen (secondary N) is 1. The molecule has 4 aromatic rings. The topological polar surface area (TPSA) is 66.4 Å². The first-order valence-corrected chi connectivity index (χ1v) is 16.5. The molecule has 2 aliphatic rings. The van der Waals surface area contributed by atoms with Crippen LogP contribution in [0.25, 0.3) is 10.9 Å². The molecule has 0 bridgehead atoms. The van der Waals surface area contributed by atoms with Gasteiger partial charge in [-0.15, -0.1) is 0 Å². The quantitative estimate of drug-likeness (QED) is 0.142. The number of likely N-dealkylation sites (tertiary alicyclic amines) is 1. The molecule has 0 amide bonds. The highest BCUT2D eigenvalue weighted by Crippen LogP contribution is 2.25. The van der Waals surface area contributed by atoms with E-state index in [1.165, 1.54) is 41.5 Å². The predicted octanol–water partition coefficient (Wildman–Crippen LogP) is 7.06. The lowest BCUT2D eigenvalue weighted by molar-refractivity contribution is 0.0961. The molecule has 6 rings (SSSR count). The van der Waals surface area contributed by atoms with Crippen LogP contribution in [0.2, 0.25) is 0 Å². The number of nitriles is 1. The number of aromatic nitrogens is 1. The third kappa shape index (κ3) is 7.77. The first-order chi connectivity index (χ1) is 21.6. The summed E-state index contributed by atoms with van der Waals surface area (Å²) in [6, 6.07) is 27.2. The van der Waals surface area contributed by atoms with Gasteiger partial charge in [0.25, 0.3) is 0 Å². The lowest BCUT2D eigenvalue weighted by atomic mass is 9.90. The Morgan fingerprint density at radius 1 is 0.864 bits per heavy atom. The summed E-state index contributed by atoms with van der Waals surface area (Å²) >= 11 is 0. The van der Waals surface area contributed by atoms with Crippen molar-refractivity contribution in [1.82, 2.24) is 14.8 Å². The van der Waals surface area contributed by atoms with E-state index in [9.17, 15) is 4.79 Å².